The number of carbonyl (C=O) groups excluding carboxylic acids is 1. The van der Waals surface area contributed by atoms with Crippen LogP contribution in [0.15, 0.2) is 24.3 Å². The molecule has 24 heavy (non-hydrogen) atoms. The van der Waals surface area contributed by atoms with Crippen LogP contribution in [0.1, 0.15) is 40.0 Å². The van der Waals surface area contributed by atoms with Gasteiger partial charge in [0.25, 0.3) is 5.91 Å². The van der Waals surface area contributed by atoms with Gasteiger partial charge in [-0.1, -0.05) is 20.3 Å². The molecule has 6 nitrogen and oxygen atoms in total. The van der Waals surface area contributed by atoms with E-state index in [1.165, 1.54) is 11.4 Å². The van der Waals surface area contributed by atoms with Crippen LogP contribution >= 0.6 is 0 Å². The normalized spacial score (nSPS) is 13.9. The Labute approximate surface area is 145 Å². The molecular weight excluding hydrogens is 328 g/mol. The van der Waals surface area contributed by atoms with E-state index in [4.69, 9.17) is 4.74 Å². The van der Waals surface area contributed by atoms with Crippen molar-refractivity contribution in [1.82, 2.24) is 5.32 Å². The van der Waals surface area contributed by atoms with Crippen molar-refractivity contribution in [2.45, 2.75) is 52.2 Å². The van der Waals surface area contributed by atoms with E-state index in [1.807, 2.05) is 13.8 Å². The monoisotopic (exact) mass is 356 g/mol. The predicted molar refractivity (Wildman–Crippen MR) is 96.9 cm³/mol. The van der Waals surface area contributed by atoms with E-state index < -0.39 is 16.1 Å². The standard InChI is InChI=1S/C17H28N2O4S/c1-6-8-13(3)18-17(20)16(7-2)23-15-11-9-14(10-12-15)19(4)24(5,21)22/h9-13,16H,6-8H2,1-5H3,(H,18,20)/t13-,16+/m1/s1. The third-order valence-electron chi connectivity index (χ3n) is 3.75. The van der Waals surface area contributed by atoms with Crippen molar-refractivity contribution in [2.24, 2.45) is 0 Å². The second-order valence-electron chi connectivity index (χ2n) is 5.94. The third-order valence-corrected chi connectivity index (χ3v) is 4.96. The summed E-state index contributed by atoms with van der Waals surface area (Å²) in [5.41, 5.74) is 0.541. The van der Waals surface area contributed by atoms with Crippen LogP contribution in [-0.2, 0) is 14.8 Å². The Bertz CT molecular complexity index is 628. The van der Waals surface area contributed by atoms with Gasteiger partial charge < -0.3 is 10.1 Å². The summed E-state index contributed by atoms with van der Waals surface area (Å²) in [5, 5.41) is 2.95. The second kappa shape index (κ2) is 8.92. The topological polar surface area (TPSA) is 75.7 Å². The number of sulfonamides is 1. The molecule has 0 aliphatic heterocycles. The molecule has 0 fully saturated rings. The number of benzene rings is 1. The quantitative estimate of drug-likeness (QED) is 0.738. The van der Waals surface area contributed by atoms with Crippen LogP contribution in [0.25, 0.3) is 0 Å². The number of ether oxygens (including phenoxy) is 1. The smallest absolute Gasteiger partial charge is 0.261 e. The molecule has 1 amide bonds. The van der Waals surface area contributed by atoms with Gasteiger partial charge in [-0.25, -0.2) is 8.42 Å². The number of nitrogens with one attached hydrogen (secondary N) is 1. The minimum Gasteiger partial charge on any atom is -0.481 e. The highest BCUT2D eigenvalue weighted by Gasteiger charge is 2.20. The highest BCUT2D eigenvalue weighted by atomic mass is 32.2. The summed E-state index contributed by atoms with van der Waals surface area (Å²) in [4.78, 5) is 12.2. The zero-order chi connectivity index (χ0) is 18.3. The molecular formula is C17H28N2O4S. The highest BCUT2D eigenvalue weighted by Crippen LogP contribution is 2.21. The minimum atomic E-state index is -3.30. The van der Waals surface area contributed by atoms with Crippen molar-refractivity contribution in [2.75, 3.05) is 17.6 Å². The van der Waals surface area contributed by atoms with Crippen LogP contribution < -0.4 is 14.4 Å². The summed E-state index contributed by atoms with van der Waals surface area (Å²) in [5.74, 6) is 0.404. The summed E-state index contributed by atoms with van der Waals surface area (Å²) in [6, 6.07) is 6.76. The van der Waals surface area contributed by atoms with Gasteiger partial charge in [0.05, 0.1) is 11.9 Å². The highest BCUT2D eigenvalue weighted by molar-refractivity contribution is 7.92. The molecule has 0 unspecified atom stereocenters. The Morgan fingerprint density at radius 1 is 1.25 bits per heavy atom. The molecule has 0 aliphatic carbocycles. The van der Waals surface area contributed by atoms with Gasteiger partial charge in [-0.05, 0) is 44.0 Å². The predicted octanol–water partition coefficient (Wildman–Crippen LogP) is 2.54. The maximum Gasteiger partial charge on any atom is 0.261 e. The molecule has 0 spiro atoms. The molecule has 1 aromatic carbocycles. The molecule has 2 atom stereocenters. The van der Waals surface area contributed by atoms with Crippen LogP contribution in [0.5, 0.6) is 5.75 Å². The van der Waals surface area contributed by atoms with Crippen LogP contribution in [0.4, 0.5) is 5.69 Å². The SMILES string of the molecule is CCC[C@@H](C)NC(=O)[C@H](CC)Oc1ccc(N(C)S(C)(=O)=O)cc1. The number of hydrogen-bond donors (Lipinski definition) is 1. The van der Waals surface area contributed by atoms with Gasteiger partial charge in [0.2, 0.25) is 10.0 Å². The van der Waals surface area contributed by atoms with Gasteiger partial charge in [0, 0.05) is 13.1 Å². The van der Waals surface area contributed by atoms with E-state index in [-0.39, 0.29) is 11.9 Å². The van der Waals surface area contributed by atoms with E-state index in [0.29, 0.717) is 17.9 Å². The lowest BCUT2D eigenvalue weighted by atomic mass is 10.1. The number of carbonyl (C=O) groups is 1. The summed E-state index contributed by atoms with van der Waals surface area (Å²) in [7, 11) is -1.81. The van der Waals surface area contributed by atoms with Crippen molar-refractivity contribution < 1.29 is 17.9 Å². The van der Waals surface area contributed by atoms with Gasteiger partial charge in [-0.2, -0.15) is 0 Å². The molecule has 1 N–H and O–H groups in total. The Morgan fingerprint density at radius 3 is 2.29 bits per heavy atom. The fraction of sp³-hybridized carbons (Fsp3) is 0.588. The van der Waals surface area contributed by atoms with Crippen molar-refractivity contribution in [3.05, 3.63) is 24.3 Å². The lowest BCUT2D eigenvalue weighted by Gasteiger charge is -2.21. The van der Waals surface area contributed by atoms with Gasteiger partial charge in [0.15, 0.2) is 6.10 Å². The molecule has 0 aromatic heterocycles. The van der Waals surface area contributed by atoms with E-state index in [2.05, 4.69) is 12.2 Å². The van der Waals surface area contributed by atoms with Crippen molar-refractivity contribution in [1.29, 1.82) is 0 Å². The number of hydrogen-bond acceptors (Lipinski definition) is 4. The van der Waals surface area contributed by atoms with E-state index in [0.717, 1.165) is 19.1 Å². The molecule has 0 radical (unpaired) electrons. The first-order valence-corrected chi connectivity index (χ1v) is 10.0. The molecule has 0 bridgehead atoms. The van der Waals surface area contributed by atoms with E-state index in [1.54, 1.807) is 24.3 Å². The van der Waals surface area contributed by atoms with Crippen molar-refractivity contribution in [3.8, 4) is 5.75 Å². The number of amides is 1. The minimum absolute atomic E-state index is 0.117. The summed E-state index contributed by atoms with van der Waals surface area (Å²) >= 11 is 0. The Kier molecular flexibility index (Phi) is 7.54. The molecule has 0 saturated heterocycles. The summed E-state index contributed by atoms with van der Waals surface area (Å²) in [6.45, 7) is 5.94. The molecule has 7 heteroatoms. The molecule has 0 heterocycles. The van der Waals surface area contributed by atoms with Gasteiger partial charge >= 0.3 is 0 Å². The van der Waals surface area contributed by atoms with E-state index >= 15 is 0 Å². The largest absolute Gasteiger partial charge is 0.481 e. The maximum atomic E-state index is 12.2. The van der Waals surface area contributed by atoms with Gasteiger partial charge in [-0.3, -0.25) is 9.10 Å². The number of rotatable bonds is 9. The van der Waals surface area contributed by atoms with Crippen LogP contribution in [-0.4, -0.2) is 39.8 Å². The third kappa shape index (κ3) is 6.03. The Morgan fingerprint density at radius 2 is 1.83 bits per heavy atom. The zero-order valence-electron chi connectivity index (χ0n) is 15.1. The first-order valence-electron chi connectivity index (χ1n) is 8.20. The molecule has 1 rings (SSSR count). The van der Waals surface area contributed by atoms with Crippen LogP contribution in [0.2, 0.25) is 0 Å². The summed E-state index contributed by atoms with van der Waals surface area (Å²) in [6.07, 6.45) is 3.06. The first kappa shape index (κ1) is 20.3. The summed E-state index contributed by atoms with van der Waals surface area (Å²) < 4.78 is 30.0. The maximum absolute atomic E-state index is 12.2. The lowest BCUT2D eigenvalue weighted by molar-refractivity contribution is -0.128. The number of anilines is 1. The van der Waals surface area contributed by atoms with E-state index in [9.17, 15) is 13.2 Å². The average molecular weight is 356 g/mol. The fourth-order valence-electron chi connectivity index (χ4n) is 2.25. The fourth-order valence-corrected chi connectivity index (χ4v) is 2.76. The molecule has 136 valence electrons. The average Bonchev–Trinajstić information content (AvgIpc) is 2.51. The number of nitrogens with zero attached hydrogens (tertiary/aromatic N) is 1. The Hall–Kier alpha value is -1.76. The molecule has 0 saturated carbocycles. The Balaban J connectivity index is 2.74. The van der Waals surface area contributed by atoms with Crippen LogP contribution in [0, 0.1) is 0 Å². The van der Waals surface area contributed by atoms with Crippen LogP contribution in [0.3, 0.4) is 0 Å². The molecule has 0 aliphatic rings. The lowest BCUT2D eigenvalue weighted by Crippen LogP contribution is -2.42. The second-order valence-corrected chi connectivity index (χ2v) is 7.95. The zero-order valence-corrected chi connectivity index (χ0v) is 15.9. The van der Waals surface area contributed by atoms with Crippen molar-refractivity contribution >= 4 is 21.6 Å². The van der Waals surface area contributed by atoms with Gasteiger partial charge in [-0.15, -0.1) is 0 Å². The molecule has 1 aromatic rings. The van der Waals surface area contributed by atoms with Crippen molar-refractivity contribution in [3.63, 3.8) is 0 Å². The first-order chi connectivity index (χ1) is 11.2. The van der Waals surface area contributed by atoms with Gasteiger partial charge in [0.1, 0.15) is 5.75 Å².